The molecule has 1 aromatic heterocycles. The van der Waals surface area contributed by atoms with E-state index < -0.39 is 5.56 Å². The number of nitriles is 1. The molecule has 0 amide bonds. The predicted molar refractivity (Wildman–Crippen MR) is 84.2 cm³/mol. The van der Waals surface area contributed by atoms with Gasteiger partial charge in [-0.05, 0) is 24.3 Å². The summed E-state index contributed by atoms with van der Waals surface area (Å²) in [5, 5.41) is 9.67. The molecule has 0 atom stereocenters. The predicted octanol–water partition coefficient (Wildman–Crippen LogP) is 2.06. The number of nitrogens with one attached hydrogen (secondary N) is 1. The number of ether oxygens (including phenoxy) is 2. The molecule has 0 spiro atoms. The van der Waals surface area contributed by atoms with Crippen LogP contribution in [0.2, 0.25) is 0 Å². The average Bonchev–Trinajstić information content (AvgIpc) is 2.55. The summed E-state index contributed by atoms with van der Waals surface area (Å²) in [6, 6.07) is 8.97. The van der Waals surface area contributed by atoms with Gasteiger partial charge in [-0.2, -0.15) is 5.26 Å². The first kappa shape index (κ1) is 16.1. The molecule has 0 bridgehead atoms. The van der Waals surface area contributed by atoms with Crippen molar-refractivity contribution < 1.29 is 9.47 Å². The molecule has 1 aromatic carbocycles. The van der Waals surface area contributed by atoms with E-state index in [0.717, 1.165) is 0 Å². The number of methoxy groups -OCH3 is 2. The fourth-order valence-corrected chi connectivity index (χ4v) is 2.57. The maximum absolute atomic E-state index is 12.0. The van der Waals surface area contributed by atoms with Crippen molar-refractivity contribution in [2.45, 2.75) is 5.16 Å². The van der Waals surface area contributed by atoms with Gasteiger partial charge in [0, 0.05) is 18.4 Å². The monoisotopic (exact) mass is 317 g/mol. The van der Waals surface area contributed by atoms with E-state index in [-0.39, 0.29) is 5.56 Å². The van der Waals surface area contributed by atoms with E-state index >= 15 is 0 Å². The Morgan fingerprint density at radius 3 is 2.64 bits per heavy atom. The smallest absolute Gasteiger partial charge is 0.270 e. The van der Waals surface area contributed by atoms with Crippen molar-refractivity contribution >= 4 is 11.8 Å². The van der Waals surface area contributed by atoms with E-state index in [1.54, 1.807) is 38.5 Å². The highest BCUT2D eigenvalue weighted by Gasteiger charge is 2.13. The summed E-state index contributed by atoms with van der Waals surface area (Å²) in [5.41, 5.74) is 0.621. The van der Waals surface area contributed by atoms with E-state index in [1.807, 2.05) is 6.07 Å². The quantitative estimate of drug-likeness (QED) is 0.498. The normalized spacial score (nSPS) is 10.2. The molecule has 114 valence electrons. The Labute approximate surface area is 132 Å². The fraction of sp³-hybridized carbons (Fsp3) is 0.267. The number of benzene rings is 1. The number of aromatic nitrogens is 2. The molecule has 1 N–H and O–H groups in total. The van der Waals surface area contributed by atoms with Crippen LogP contribution in [0.4, 0.5) is 0 Å². The highest BCUT2D eigenvalue weighted by Crippen LogP contribution is 2.24. The van der Waals surface area contributed by atoms with Gasteiger partial charge in [0.1, 0.15) is 17.4 Å². The van der Waals surface area contributed by atoms with Crippen LogP contribution >= 0.6 is 11.8 Å². The van der Waals surface area contributed by atoms with Crippen molar-refractivity contribution in [2.75, 3.05) is 26.6 Å². The van der Waals surface area contributed by atoms with E-state index in [1.165, 1.54) is 11.8 Å². The second kappa shape index (κ2) is 7.64. The Morgan fingerprint density at radius 1 is 1.32 bits per heavy atom. The minimum atomic E-state index is -0.441. The lowest BCUT2D eigenvalue weighted by molar-refractivity contribution is 0.218. The zero-order valence-corrected chi connectivity index (χ0v) is 13.1. The Morgan fingerprint density at radius 2 is 2.05 bits per heavy atom. The van der Waals surface area contributed by atoms with E-state index in [2.05, 4.69) is 9.97 Å². The van der Waals surface area contributed by atoms with Gasteiger partial charge in [-0.1, -0.05) is 11.8 Å². The maximum atomic E-state index is 12.0. The molecule has 0 fully saturated rings. The van der Waals surface area contributed by atoms with E-state index in [9.17, 15) is 10.1 Å². The van der Waals surface area contributed by atoms with Crippen LogP contribution < -0.4 is 10.3 Å². The van der Waals surface area contributed by atoms with Crippen molar-refractivity contribution in [3.8, 4) is 23.1 Å². The molecule has 1 heterocycles. The molecular weight excluding hydrogens is 302 g/mol. The van der Waals surface area contributed by atoms with Crippen LogP contribution in [0, 0.1) is 11.3 Å². The zero-order valence-electron chi connectivity index (χ0n) is 12.3. The molecule has 22 heavy (non-hydrogen) atoms. The number of nitrogens with zero attached hydrogens (tertiary/aromatic N) is 2. The topological polar surface area (TPSA) is 88.0 Å². The molecule has 0 saturated carbocycles. The highest BCUT2D eigenvalue weighted by atomic mass is 32.2. The largest absolute Gasteiger partial charge is 0.497 e. The first-order valence-electron chi connectivity index (χ1n) is 6.50. The SMILES string of the molecule is COCCSc1nc(-c2ccc(OC)cc2)c(C#N)c(=O)[nH]1. The number of thioether (sulfide) groups is 1. The molecule has 0 aliphatic heterocycles. The van der Waals surface area contributed by atoms with Gasteiger partial charge in [-0.15, -0.1) is 0 Å². The van der Waals surface area contributed by atoms with Crippen LogP contribution in [-0.2, 0) is 4.74 Å². The maximum Gasteiger partial charge on any atom is 0.270 e. The molecule has 2 aromatic rings. The van der Waals surface area contributed by atoms with Crippen LogP contribution in [-0.4, -0.2) is 36.5 Å². The minimum absolute atomic E-state index is 0.00117. The summed E-state index contributed by atoms with van der Waals surface area (Å²) in [6.07, 6.45) is 0. The van der Waals surface area contributed by atoms with Crippen molar-refractivity contribution in [1.29, 1.82) is 5.26 Å². The van der Waals surface area contributed by atoms with Crippen LogP contribution in [0.1, 0.15) is 5.56 Å². The molecular formula is C15H15N3O3S. The second-order valence-corrected chi connectivity index (χ2v) is 5.36. The van der Waals surface area contributed by atoms with Gasteiger partial charge in [0.15, 0.2) is 5.16 Å². The first-order chi connectivity index (χ1) is 10.7. The van der Waals surface area contributed by atoms with Crippen LogP contribution in [0.3, 0.4) is 0 Å². The number of hydrogen-bond donors (Lipinski definition) is 1. The van der Waals surface area contributed by atoms with Crippen molar-refractivity contribution in [2.24, 2.45) is 0 Å². The summed E-state index contributed by atoms with van der Waals surface area (Å²) in [7, 11) is 3.18. The van der Waals surface area contributed by atoms with Gasteiger partial charge >= 0.3 is 0 Å². The molecule has 0 saturated heterocycles. The second-order valence-electron chi connectivity index (χ2n) is 4.28. The lowest BCUT2D eigenvalue weighted by Gasteiger charge is -2.07. The summed E-state index contributed by atoms with van der Waals surface area (Å²) in [5.74, 6) is 1.36. The van der Waals surface area contributed by atoms with Crippen LogP contribution in [0.5, 0.6) is 5.75 Å². The third-order valence-corrected chi connectivity index (χ3v) is 3.74. The summed E-state index contributed by atoms with van der Waals surface area (Å²) in [6.45, 7) is 0.548. The van der Waals surface area contributed by atoms with Crippen LogP contribution in [0.25, 0.3) is 11.3 Å². The Hall–Kier alpha value is -2.30. The fourth-order valence-electron chi connectivity index (χ4n) is 1.80. The van der Waals surface area contributed by atoms with Gasteiger partial charge in [0.05, 0.1) is 19.4 Å². The van der Waals surface area contributed by atoms with Crippen LogP contribution in [0.15, 0.2) is 34.2 Å². The third-order valence-electron chi connectivity index (χ3n) is 2.90. The number of H-pyrrole nitrogens is 1. The van der Waals surface area contributed by atoms with E-state index in [4.69, 9.17) is 9.47 Å². The molecule has 2 rings (SSSR count). The summed E-state index contributed by atoms with van der Waals surface area (Å²) in [4.78, 5) is 19.0. The van der Waals surface area contributed by atoms with Crippen molar-refractivity contribution in [1.82, 2.24) is 9.97 Å². The minimum Gasteiger partial charge on any atom is -0.497 e. The molecule has 0 radical (unpaired) electrons. The Balaban J connectivity index is 2.43. The lowest BCUT2D eigenvalue weighted by atomic mass is 10.1. The zero-order chi connectivity index (χ0) is 15.9. The average molecular weight is 317 g/mol. The van der Waals surface area contributed by atoms with Crippen molar-refractivity contribution in [3.63, 3.8) is 0 Å². The van der Waals surface area contributed by atoms with E-state index in [0.29, 0.717) is 34.5 Å². The summed E-state index contributed by atoms with van der Waals surface area (Å²) >= 11 is 1.37. The van der Waals surface area contributed by atoms with Gasteiger partial charge < -0.3 is 14.5 Å². The molecule has 0 aliphatic carbocycles. The summed E-state index contributed by atoms with van der Waals surface area (Å²) < 4.78 is 10.1. The van der Waals surface area contributed by atoms with Crippen molar-refractivity contribution in [3.05, 3.63) is 40.2 Å². The van der Waals surface area contributed by atoms with Gasteiger partial charge in [0.25, 0.3) is 5.56 Å². The molecule has 0 unspecified atom stereocenters. The lowest BCUT2D eigenvalue weighted by Crippen LogP contribution is -2.15. The van der Waals surface area contributed by atoms with Gasteiger partial charge in [-0.25, -0.2) is 4.98 Å². The number of hydrogen-bond acceptors (Lipinski definition) is 6. The molecule has 7 heteroatoms. The number of aromatic amines is 1. The van der Waals surface area contributed by atoms with Gasteiger partial charge in [0.2, 0.25) is 0 Å². The first-order valence-corrected chi connectivity index (χ1v) is 7.48. The standard InChI is InChI=1S/C15H15N3O3S/c1-20-7-8-22-15-17-13(12(9-16)14(19)18-15)10-3-5-11(21-2)6-4-10/h3-6H,7-8H2,1-2H3,(H,17,18,19). The Kier molecular flexibility index (Phi) is 5.58. The number of rotatable bonds is 6. The van der Waals surface area contributed by atoms with Gasteiger partial charge in [-0.3, -0.25) is 4.79 Å². The molecule has 0 aliphatic rings. The highest BCUT2D eigenvalue weighted by molar-refractivity contribution is 7.99. The Bertz CT molecular complexity index is 735. The molecule has 6 nitrogen and oxygen atoms in total. The third kappa shape index (κ3) is 3.67.